The molecule has 1 aromatic heterocycles. The molecule has 0 saturated carbocycles. The van der Waals surface area contributed by atoms with Gasteiger partial charge < -0.3 is 5.32 Å². The van der Waals surface area contributed by atoms with E-state index in [4.69, 9.17) is 0 Å². The van der Waals surface area contributed by atoms with Gasteiger partial charge in [0, 0.05) is 12.5 Å². The van der Waals surface area contributed by atoms with Gasteiger partial charge in [-0.15, -0.1) is 0 Å². The molecular weight excluding hydrogens is 338 g/mol. The fourth-order valence-electron chi connectivity index (χ4n) is 3.07. The van der Waals surface area contributed by atoms with Crippen LogP contribution in [0.3, 0.4) is 0 Å². The summed E-state index contributed by atoms with van der Waals surface area (Å²) in [5, 5.41) is 7.26. The maximum Gasteiger partial charge on any atom is 0.225 e. The van der Waals surface area contributed by atoms with Crippen molar-refractivity contribution in [2.24, 2.45) is 0 Å². The van der Waals surface area contributed by atoms with Crippen LogP contribution in [0.4, 0.5) is 5.82 Å². The van der Waals surface area contributed by atoms with Gasteiger partial charge in [-0.3, -0.25) is 4.79 Å². The molecule has 1 amide bonds. The van der Waals surface area contributed by atoms with Gasteiger partial charge in [0.2, 0.25) is 5.91 Å². The molecule has 0 spiro atoms. The first-order chi connectivity index (χ1) is 11.8. The predicted molar refractivity (Wildman–Crippen MR) is 97.4 cm³/mol. The normalized spacial score (nSPS) is 19.0. The molecule has 1 fully saturated rings. The van der Waals surface area contributed by atoms with Gasteiger partial charge in [-0.05, 0) is 32.3 Å². The minimum Gasteiger partial charge on any atom is -0.311 e. The van der Waals surface area contributed by atoms with E-state index in [9.17, 15) is 13.2 Å². The smallest absolute Gasteiger partial charge is 0.225 e. The fourth-order valence-corrected chi connectivity index (χ4v) is 4.77. The summed E-state index contributed by atoms with van der Waals surface area (Å²) in [7, 11) is -3.00. The Bertz CT molecular complexity index is 869. The summed E-state index contributed by atoms with van der Waals surface area (Å²) in [6.07, 6.45) is 1.57. The molecule has 25 heavy (non-hydrogen) atoms. The summed E-state index contributed by atoms with van der Waals surface area (Å²) in [6, 6.07) is 9.71. The molecule has 1 aliphatic heterocycles. The number of carbonyl (C=O) groups is 1. The zero-order valence-electron chi connectivity index (χ0n) is 14.5. The number of rotatable bonds is 5. The third-order valence-corrected chi connectivity index (χ3v) is 6.19. The first kappa shape index (κ1) is 17.7. The number of nitrogens with zero attached hydrogens (tertiary/aromatic N) is 2. The van der Waals surface area contributed by atoms with Crippen LogP contribution in [0.2, 0.25) is 0 Å². The zero-order valence-corrected chi connectivity index (χ0v) is 15.3. The van der Waals surface area contributed by atoms with Gasteiger partial charge in [-0.1, -0.05) is 29.8 Å². The van der Waals surface area contributed by atoms with Crippen molar-refractivity contribution in [2.45, 2.75) is 39.2 Å². The summed E-state index contributed by atoms with van der Waals surface area (Å²) >= 11 is 0. The average molecular weight is 361 g/mol. The van der Waals surface area contributed by atoms with Gasteiger partial charge in [0.25, 0.3) is 0 Å². The Morgan fingerprint density at radius 1 is 1.28 bits per heavy atom. The minimum absolute atomic E-state index is 0.0837. The van der Waals surface area contributed by atoms with Crippen molar-refractivity contribution in [2.75, 3.05) is 16.8 Å². The molecule has 2 heterocycles. The van der Waals surface area contributed by atoms with Crippen LogP contribution in [0.5, 0.6) is 0 Å². The predicted octanol–water partition coefficient (Wildman–Crippen LogP) is 2.43. The van der Waals surface area contributed by atoms with E-state index >= 15 is 0 Å². The van der Waals surface area contributed by atoms with Crippen molar-refractivity contribution < 1.29 is 13.2 Å². The van der Waals surface area contributed by atoms with E-state index in [-0.39, 0.29) is 23.5 Å². The van der Waals surface area contributed by atoms with Gasteiger partial charge in [0.1, 0.15) is 5.82 Å². The standard InChI is InChI=1S/C18H23N3O3S/c1-13-3-5-15(6-4-13)7-8-18(22)19-17-11-14(2)20-21(17)16-9-10-25(23,24)12-16/h3-6,11,16H,7-10,12H2,1-2H3,(H,19,22). The molecule has 134 valence electrons. The number of aryl methyl sites for hydroxylation is 3. The molecule has 1 saturated heterocycles. The molecule has 1 unspecified atom stereocenters. The van der Waals surface area contributed by atoms with E-state index in [2.05, 4.69) is 10.4 Å². The van der Waals surface area contributed by atoms with Gasteiger partial charge in [0.05, 0.1) is 23.2 Å². The highest BCUT2D eigenvalue weighted by Gasteiger charge is 2.31. The van der Waals surface area contributed by atoms with E-state index in [0.29, 0.717) is 25.1 Å². The maximum atomic E-state index is 12.3. The highest BCUT2D eigenvalue weighted by Crippen LogP contribution is 2.27. The molecular formula is C18H23N3O3S. The Balaban J connectivity index is 1.64. The second kappa shape index (κ2) is 7.00. The summed E-state index contributed by atoms with van der Waals surface area (Å²) < 4.78 is 25.1. The largest absolute Gasteiger partial charge is 0.311 e. The Morgan fingerprint density at radius 2 is 2.00 bits per heavy atom. The monoisotopic (exact) mass is 361 g/mol. The van der Waals surface area contributed by atoms with Crippen molar-refractivity contribution in [1.82, 2.24) is 9.78 Å². The second-order valence-corrected chi connectivity index (χ2v) is 8.93. The molecule has 1 aliphatic rings. The van der Waals surface area contributed by atoms with E-state index in [1.165, 1.54) is 5.56 Å². The number of nitrogens with one attached hydrogen (secondary N) is 1. The van der Waals surface area contributed by atoms with E-state index < -0.39 is 9.84 Å². The second-order valence-electron chi connectivity index (χ2n) is 6.71. The number of aromatic nitrogens is 2. The number of carbonyl (C=O) groups excluding carboxylic acids is 1. The molecule has 0 bridgehead atoms. The lowest BCUT2D eigenvalue weighted by Gasteiger charge is -2.13. The number of anilines is 1. The SMILES string of the molecule is Cc1ccc(CCC(=O)Nc2cc(C)nn2C2CCS(=O)(=O)C2)cc1. The number of hydrogen-bond acceptors (Lipinski definition) is 4. The van der Waals surface area contributed by atoms with Crippen molar-refractivity contribution in [3.63, 3.8) is 0 Å². The molecule has 1 atom stereocenters. The summed E-state index contributed by atoms with van der Waals surface area (Å²) in [5.41, 5.74) is 3.07. The van der Waals surface area contributed by atoms with Crippen molar-refractivity contribution in [1.29, 1.82) is 0 Å². The lowest BCUT2D eigenvalue weighted by atomic mass is 10.1. The summed E-state index contributed by atoms with van der Waals surface area (Å²) in [6.45, 7) is 3.87. The Hall–Kier alpha value is -2.15. The third-order valence-electron chi connectivity index (χ3n) is 4.44. The van der Waals surface area contributed by atoms with Crippen LogP contribution in [-0.4, -0.2) is 35.6 Å². The van der Waals surface area contributed by atoms with E-state index in [1.807, 2.05) is 38.1 Å². The van der Waals surface area contributed by atoms with Crippen LogP contribution in [0.15, 0.2) is 30.3 Å². The number of hydrogen-bond donors (Lipinski definition) is 1. The number of sulfone groups is 1. The summed E-state index contributed by atoms with van der Waals surface area (Å²) in [5.74, 6) is 0.744. The van der Waals surface area contributed by atoms with Crippen LogP contribution >= 0.6 is 0 Å². The molecule has 7 heteroatoms. The molecule has 0 radical (unpaired) electrons. The quantitative estimate of drug-likeness (QED) is 0.887. The van der Waals surface area contributed by atoms with Gasteiger partial charge in [-0.2, -0.15) is 5.10 Å². The first-order valence-electron chi connectivity index (χ1n) is 8.44. The highest BCUT2D eigenvalue weighted by molar-refractivity contribution is 7.91. The number of benzene rings is 1. The van der Waals surface area contributed by atoms with Crippen LogP contribution in [-0.2, 0) is 21.1 Å². The Kier molecular flexibility index (Phi) is 4.94. The Morgan fingerprint density at radius 3 is 2.64 bits per heavy atom. The molecule has 1 N–H and O–H groups in total. The lowest BCUT2D eigenvalue weighted by molar-refractivity contribution is -0.116. The number of amides is 1. The van der Waals surface area contributed by atoms with Crippen molar-refractivity contribution in [3.8, 4) is 0 Å². The fraction of sp³-hybridized carbons (Fsp3) is 0.444. The van der Waals surface area contributed by atoms with Crippen LogP contribution in [0.1, 0.15) is 35.7 Å². The molecule has 6 nitrogen and oxygen atoms in total. The third kappa shape index (κ3) is 4.48. The van der Waals surface area contributed by atoms with Crippen LogP contribution in [0, 0.1) is 13.8 Å². The molecule has 3 rings (SSSR count). The maximum absolute atomic E-state index is 12.3. The Labute approximate surface area is 148 Å². The van der Waals surface area contributed by atoms with Gasteiger partial charge >= 0.3 is 0 Å². The van der Waals surface area contributed by atoms with Crippen molar-refractivity contribution >= 4 is 21.6 Å². The zero-order chi connectivity index (χ0) is 18.0. The van der Waals surface area contributed by atoms with E-state index in [0.717, 1.165) is 11.3 Å². The van der Waals surface area contributed by atoms with Crippen molar-refractivity contribution in [3.05, 3.63) is 47.2 Å². The summed E-state index contributed by atoms with van der Waals surface area (Å²) in [4.78, 5) is 12.3. The first-order valence-corrected chi connectivity index (χ1v) is 10.3. The lowest BCUT2D eigenvalue weighted by Crippen LogP contribution is -2.19. The molecule has 0 aliphatic carbocycles. The molecule has 2 aromatic rings. The average Bonchev–Trinajstić information content (AvgIpc) is 3.08. The topological polar surface area (TPSA) is 81.1 Å². The van der Waals surface area contributed by atoms with Gasteiger partial charge in [0.15, 0.2) is 9.84 Å². The van der Waals surface area contributed by atoms with Crippen LogP contribution in [0.25, 0.3) is 0 Å². The van der Waals surface area contributed by atoms with E-state index in [1.54, 1.807) is 10.7 Å². The molecule has 1 aromatic carbocycles. The van der Waals surface area contributed by atoms with Crippen LogP contribution < -0.4 is 5.32 Å². The highest BCUT2D eigenvalue weighted by atomic mass is 32.2. The van der Waals surface area contributed by atoms with Gasteiger partial charge in [-0.25, -0.2) is 13.1 Å². The minimum atomic E-state index is -3.00.